The van der Waals surface area contributed by atoms with Gasteiger partial charge in [0.15, 0.2) is 0 Å². The maximum absolute atomic E-state index is 13.2. The van der Waals surface area contributed by atoms with Crippen LogP contribution in [-0.2, 0) is 6.54 Å². The Kier molecular flexibility index (Phi) is 5.62. The number of halogens is 1. The molecule has 0 bridgehead atoms. The van der Waals surface area contributed by atoms with Crippen LogP contribution in [0.4, 0.5) is 10.1 Å². The molecule has 7 nitrogen and oxygen atoms in total. The summed E-state index contributed by atoms with van der Waals surface area (Å²) in [5.74, 6) is 0.170. The molecule has 0 aliphatic carbocycles. The molecule has 4 aromatic rings. The van der Waals surface area contributed by atoms with Crippen LogP contribution in [0, 0.1) is 15.9 Å². The highest BCUT2D eigenvalue weighted by molar-refractivity contribution is 7.17. The van der Waals surface area contributed by atoms with E-state index in [1.54, 1.807) is 24.3 Å². The summed E-state index contributed by atoms with van der Waals surface area (Å²) in [4.78, 5) is 33.4. The number of hydrogen-bond acceptors (Lipinski definition) is 6. The topological polar surface area (TPSA) is 92.1 Å². The van der Waals surface area contributed by atoms with Crippen molar-refractivity contribution in [3.63, 3.8) is 0 Å². The van der Waals surface area contributed by atoms with Crippen LogP contribution >= 0.6 is 11.3 Å². The summed E-state index contributed by atoms with van der Waals surface area (Å²) in [6.07, 6.45) is 0. The Morgan fingerprint density at radius 2 is 2.00 bits per heavy atom. The standard InChI is InChI=1S/C22H19FN4O3S/c1-13(15-4-3-5-17(10-15)27(29)30)26(2)11-19-24-21(28)20-18(12-31-22(20)25-19)14-6-8-16(23)9-7-14/h3-10,12-13H,11H2,1-2H3,(H,24,25,28)/t13-/m0/s1. The van der Waals surface area contributed by atoms with Crippen LogP contribution in [0.1, 0.15) is 24.4 Å². The number of hydrogen-bond donors (Lipinski definition) is 1. The summed E-state index contributed by atoms with van der Waals surface area (Å²) in [6.45, 7) is 2.30. The molecule has 2 aromatic carbocycles. The van der Waals surface area contributed by atoms with Crippen LogP contribution in [-0.4, -0.2) is 26.8 Å². The van der Waals surface area contributed by atoms with Crippen molar-refractivity contribution in [1.29, 1.82) is 0 Å². The summed E-state index contributed by atoms with van der Waals surface area (Å²) in [7, 11) is 1.87. The molecule has 158 valence electrons. The van der Waals surface area contributed by atoms with Crippen LogP contribution in [0.5, 0.6) is 0 Å². The average Bonchev–Trinajstić information content (AvgIpc) is 3.18. The molecule has 0 fully saturated rings. The second kappa shape index (κ2) is 8.37. The van der Waals surface area contributed by atoms with Gasteiger partial charge in [-0.25, -0.2) is 9.37 Å². The molecule has 4 rings (SSSR count). The van der Waals surface area contributed by atoms with Crippen molar-refractivity contribution in [1.82, 2.24) is 14.9 Å². The van der Waals surface area contributed by atoms with Crippen molar-refractivity contribution >= 4 is 27.2 Å². The van der Waals surface area contributed by atoms with Crippen molar-refractivity contribution in [2.75, 3.05) is 7.05 Å². The van der Waals surface area contributed by atoms with E-state index in [9.17, 15) is 19.3 Å². The number of nitro benzene ring substituents is 1. The first-order chi connectivity index (χ1) is 14.8. The molecule has 0 unspecified atom stereocenters. The monoisotopic (exact) mass is 438 g/mol. The average molecular weight is 438 g/mol. The number of H-pyrrole nitrogens is 1. The zero-order valence-corrected chi connectivity index (χ0v) is 17.6. The maximum Gasteiger partial charge on any atom is 0.269 e. The minimum atomic E-state index is -0.418. The van der Waals surface area contributed by atoms with Gasteiger partial charge in [0.1, 0.15) is 16.5 Å². The van der Waals surface area contributed by atoms with Crippen molar-refractivity contribution < 1.29 is 9.31 Å². The smallest absolute Gasteiger partial charge is 0.269 e. The van der Waals surface area contributed by atoms with Gasteiger partial charge >= 0.3 is 0 Å². The lowest BCUT2D eigenvalue weighted by atomic mass is 10.1. The molecule has 0 amide bonds. The first-order valence-electron chi connectivity index (χ1n) is 9.54. The number of benzene rings is 2. The fourth-order valence-corrected chi connectivity index (χ4v) is 4.40. The van der Waals surface area contributed by atoms with Gasteiger partial charge in [0.05, 0.1) is 16.9 Å². The molecule has 0 aliphatic rings. The van der Waals surface area contributed by atoms with Gasteiger partial charge in [-0.3, -0.25) is 19.8 Å². The molecule has 0 spiro atoms. The molecule has 1 atom stereocenters. The molecule has 0 aliphatic heterocycles. The number of nitrogens with one attached hydrogen (secondary N) is 1. The first kappa shape index (κ1) is 20.8. The minimum Gasteiger partial charge on any atom is -0.309 e. The number of nitrogens with zero attached hydrogens (tertiary/aromatic N) is 3. The van der Waals surface area contributed by atoms with Crippen molar-refractivity contribution in [2.24, 2.45) is 0 Å². The van der Waals surface area contributed by atoms with Gasteiger partial charge in [-0.2, -0.15) is 0 Å². The van der Waals surface area contributed by atoms with Crippen LogP contribution in [0.15, 0.2) is 58.7 Å². The molecule has 0 saturated carbocycles. The number of non-ortho nitro benzene ring substituents is 1. The van der Waals surface area contributed by atoms with Crippen LogP contribution in [0.2, 0.25) is 0 Å². The Morgan fingerprint density at radius 3 is 2.71 bits per heavy atom. The van der Waals surface area contributed by atoms with Crippen molar-refractivity contribution in [3.05, 3.63) is 91.6 Å². The number of rotatable bonds is 6. The number of aromatic nitrogens is 2. The van der Waals surface area contributed by atoms with Crippen LogP contribution in [0.3, 0.4) is 0 Å². The van der Waals surface area contributed by atoms with E-state index in [-0.39, 0.29) is 23.1 Å². The number of fused-ring (bicyclic) bond motifs is 1. The first-order valence-corrected chi connectivity index (χ1v) is 10.4. The number of aromatic amines is 1. The molecule has 1 N–H and O–H groups in total. The van der Waals surface area contributed by atoms with E-state index in [2.05, 4.69) is 9.97 Å². The van der Waals surface area contributed by atoms with Gasteiger partial charge in [0, 0.05) is 29.1 Å². The molecular weight excluding hydrogens is 419 g/mol. The minimum absolute atomic E-state index is 0.0395. The third-order valence-electron chi connectivity index (χ3n) is 5.27. The Hall–Kier alpha value is -3.43. The highest BCUT2D eigenvalue weighted by atomic mass is 32.1. The third-order valence-corrected chi connectivity index (χ3v) is 6.14. The fourth-order valence-electron chi connectivity index (χ4n) is 3.44. The molecular formula is C22H19FN4O3S. The Labute approximate surface area is 181 Å². The Bertz CT molecular complexity index is 1320. The Morgan fingerprint density at radius 1 is 1.26 bits per heavy atom. The van der Waals surface area contributed by atoms with Gasteiger partial charge < -0.3 is 4.98 Å². The zero-order chi connectivity index (χ0) is 22.1. The van der Waals surface area contributed by atoms with E-state index < -0.39 is 4.92 Å². The molecule has 9 heteroatoms. The highest BCUT2D eigenvalue weighted by Crippen LogP contribution is 2.31. The molecule has 0 radical (unpaired) electrons. The van der Waals surface area contributed by atoms with E-state index >= 15 is 0 Å². The largest absolute Gasteiger partial charge is 0.309 e. The predicted octanol–water partition coefficient (Wildman–Crippen LogP) is 4.89. The molecule has 31 heavy (non-hydrogen) atoms. The van der Waals surface area contributed by atoms with Crippen molar-refractivity contribution in [2.45, 2.75) is 19.5 Å². The number of nitro groups is 1. The van der Waals surface area contributed by atoms with E-state index in [0.717, 1.165) is 16.7 Å². The lowest BCUT2D eigenvalue weighted by Gasteiger charge is -2.24. The summed E-state index contributed by atoms with van der Waals surface area (Å²) >= 11 is 1.36. The van der Waals surface area contributed by atoms with Gasteiger partial charge in [0.25, 0.3) is 11.2 Å². The lowest BCUT2D eigenvalue weighted by molar-refractivity contribution is -0.384. The highest BCUT2D eigenvalue weighted by Gasteiger charge is 2.18. The second-order valence-corrected chi connectivity index (χ2v) is 8.15. The maximum atomic E-state index is 13.2. The normalized spacial score (nSPS) is 12.4. The van der Waals surface area contributed by atoms with Gasteiger partial charge in [-0.1, -0.05) is 24.3 Å². The van der Waals surface area contributed by atoms with Crippen molar-refractivity contribution in [3.8, 4) is 11.1 Å². The molecule has 0 saturated heterocycles. The Balaban J connectivity index is 1.60. The van der Waals surface area contributed by atoms with E-state index in [4.69, 9.17) is 0 Å². The third kappa shape index (κ3) is 4.23. The predicted molar refractivity (Wildman–Crippen MR) is 119 cm³/mol. The molecule has 2 heterocycles. The van der Waals surface area contributed by atoms with Gasteiger partial charge in [-0.15, -0.1) is 11.3 Å². The SMILES string of the molecule is C[C@@H](c1cccc([N+](=O)[O-])c1)N(C)Cc1nc2scc(-c3ccc(F)cc3)c2c(=O)[nH]1. The summed E-state index contributed by atoms with van der Waals surface area (Å²) in [6, 6.07) is 12.4. The quantitative estimate of drug-likeness (QED) is 0.342. The fraction of sp³-hybridized carbons (Fsp3) is 0.182. The summed E-state index contributed by atoms with van der Waals surface area (Å²) in [5.41, 5.74) is 2.06. The van der Waals surface area contributed by atoms with Gasteiger partial charge in [0.2, 0.25) is 0 Å². The van der Waals surface area contributed by atoms with Gasteiger partial charge in [-0.05, 0) is 37.2 Å². The summed E-state index contributed by atoms with van der Waals surface area (Å²) in [5, 5.41) is 13.4. The molecule has 2 aromatic heterocycles. The van der Waals surface area contributed by atoms with E-state index in [1.165, 1.54) is 29.5 Å². The second-order valence-electron chi connectivity index (χ2n) is 7.29. The zero-order valence-electron chi connectivity index (χ0n) is 16.8. The lowest BCUT2D eigenvalue weighted by Crippen LogP contribution is -2.25. The summed E-state index contributed by atoms with van der Waals surface area (Å²) < 4.78 is 13.2. The van der Waals surface area contributed by atoms with E-state index in [0.29, 0.717) is 22.6 Å². The van der Waals surface area contributed by atoms with E-state index in [1.807, 2.05) is 30.3 Å². The van der Waals surface area contributed by atoms with Crippen LogP contribution in [0.25, 0.3) is 21.3 Å². The van der Waals surface area contributed by atoms with Crippen LogP contribution < -0.4 is 5.56 Å². The number of thiophene rings is 1.